The molecule has 0 aromatic heterocycles. The number of amides is 2. The molecule has 0 radical (unpaired) electrons. The van der Waals surface area contributed by atoms with E-state index in [4.69, 9.17) is 16.3 Å². The van der Waals surface area contributed by atoms with Crippen molar-refractivity contribution in [3.8, 4) is 5.75 Å². The number of carbonyl (C=O) groups excluding carboxylic acids is 2. The minimum Gasteiger partial charge on any atom is -0.497 e. The van der Waals surface area contributed by atoms with Gasteiger partial charge in [-0.3, -0.25) is 9.59 Å². The van der Waals surface area contributed by atoms with Gasteiger partial charge in [-0.2, -0.15) is 0 Å². The first-order valence-electron chi connectivity index (χ1n) is 9.84. The van der Waals surface area contributed by atoms with E-state index in [2.05, 4.69) is 26.7 Å². The van der Waals surface area contributed by atoms with Crippen LogP contribution in [0.1, 0.15) is 27.5 Å². The van der Waals surface area contributed by atoms with Crippen LogP contribution in [0.3, 0.4) is 0 Å². The van der Waals surface area contributed by atoms with E-state index >= 15 is 0 Å². The number of rotatable bonds is 5. The number of hydrazone groups is 1. The Hall–Kier alpha value is -3.16. The van der Waals surface area contributed by atoms with Crippen LogP contribution in [0, 0.1) is 0 Å². The monoisotopic (exact) mass is 512 g/mol. The van der Waals surface area contributed by atoms with E-state index in [-0.39, 0.29) is 11.8 Å². The highest BCUT2D eigenvalue weighted by Crippen LogP contribution is 2.27. The maximum atomic E-state index is 12.9. The SMILES string of the molecule is COc1ccc([C@@H]2[C@@H](NC(=O)c3ccc(Cl)cc3)C(=O)N/[N+]2=C\c2ccc(Br)cc2)cc1. The average molecular weight is 514 g/mol. The highest BCUT2D eigenvalue weighted by atomic mass is 79.9. The lowest BCUT2D eigenvalue weighted by Crippen LogP contribution is -2.42. The molecular weight excluding hydrogens is 494 g/mol. The van der Waals surface area contributed by atoms with Crippen LogP contribution in [0.5, 0.6) is 5.75 Å². The predicted molar refractivity (Wildman–Crippen MR) is 126 cm³/mol. The molecule has 0 unspecified atom stereocenters. The Labute approximate surface area is 199 Å². The van der Waals surface area contributed by atoms with Crippen molar-refractivity contribution in [1.29, 1.82) is 0 Å². The van der Waals surface area contributed by atoms with Crippen molar-refractivity contribution in [2.24, 2.45) is 0 Å². The van der Waals surface area contributed by atoms with Crippen molar-refractivity contribution < 1.29 is 19.0 Å². The van der Waals surface area contributed by atoms with Gasteiger partial charge in [-0.05, 0) is 72.8 Å². The third-order valence-corrected chi connectivity index (χ3v) is 5.93. The van der Waals surface area contributed by atoms with Gasteiger partial charge in [-0.25, -0.2) is 0 Å². The molecule has 0 spiro atoms. The minimum absolute atomic E-state index is 0.304. The van der Waals surface area contributed by atoms with Gasteiger partial charge < -0.3 is 10.1 Å². The summed E-state index contributed by atoms with van der Waals surface area (Å²) in [6.45, 7) is 0. The van der Waals surface area contributed by atoms with E-state index in [1.807, 2.05) is 54.7 Å². The lowest BCUT2D eigenvalue weighted by molar-refractivity contribution is -0.596. The van der Waals surface area contributed by atoms with E-state index in [9.17, 15) is 9.59 Å². The first-order chi connectivity index (χ1) is 15.4. The second kappa shape index (κ2) is 9.54. The Bertz CT molecular complexity index is 1160. The summed E-state index contributed by atoms with van der Waals surface area (Å²) < 4.78 is 7.94. The van der Waals surface area contributed by atoms with Gasteiger partial charge in [0.2, 0.25) is 12.3 Å². The second-order valence-electron chi connectivity index (χ2n) is 7.24. The van der Waals surface area contributed by atoms with Crippen LogP contribution in [0.15, 0.2) is 77.3 Å². The van der Waals surface area contributed by atoms with Crippen LogP contribution < -0.4 is 15.5 Å². The number of hydrogen-bond donors (Lipinski definition) is 2. The highest BCUT2D eigenvalue weighted by molar-refractivity contribution is 9.10. The molecule has 0 saturated carbocycles. The average Bonchev–Trinajstić information content (AvgIpc) is 3.10. The molecule has 0 aliphatic carbocycles. The summed E-state index contributed by atoms with van der Waals surface area (Å²) in [4.78, 5) is 25.8. The van der Waals surface area contributed by atoms with E-state index in [1.54, 1.807) is 36.1 Å². The summed E-state index contributed by atoms with van der Waals surface area (Å²) in [5.41, 5.74) is 5.04. The molecule has 8 heteroatoms. The lowest BCUT2D eigenvalue weighted by Gasteiger charge is -2.15. The largest absolute Gasteiger partial charge is 0.497 e. The molecular formula is C24H20BrClN3O3+. The maximum Gasteiger partial charge on any atom is 0.304 e. The van der Waals surface area contributed by atoms with Crippen LogP contribution in [0.4, 0.5) is 0 Å². The standard InChI is InChI=1S/C24H19BrClN3O3/c1-32-20-12-6-16(7-13-20)22-21(27-23(30)17-4-10-19(26)11-5-17)24(31)28-29(22)14-15-2-8-18(25)9-3-15/h2-14,21-22H,1H3,(H-,27,28,30,31)/p+1/b29-14-/t21-,22-/m1/s1. The summed E-state index contributed by atoms with van der Waals surface area (Å²) in [7, 11) is 1.60. The Morgan fingerprint density at radius 2 is 1.72 bits per heavy atom. The fraction of sp³-hybridized carbons (Fsp3) is 0.125. The van der Waals surface area contributed by atoms with Gasteiger partial charge in [-0.1, -0.05) is 27.5 Å². The van der Waals surface area contributed by atoms with Gasteiger partial charge >= 0.3 is 5.91 Å². The molecule has 1 saturated heterocycles. The maximum absolute atomic E-state index is 12.9. The normalized spacial score (nSPS) is 19.0. The molecule has 3 aromatic rings. The van der Waals surface area contributed by atoms with Crippen LogP contribution >= 0.6 is 27.5 Å². The van der Waals surface area contributed by atoms with Gasteiger partial charge in [0.1, 0.15) is 5.75 Å². The van der Waals surface area contributed by atoms with Gasteiger partial charge in [0.15, 0.2) is 6.04 Å². The molecule has 1 fully saturated rings. The van der Waals surface area contributed by atoms with Gasteiger partial charge in [0, 0.05) is 26.2 Å². The zero-order valence-corrected chi connectivity index (χ0v) is 19.4. The summed E-state index contributed by atoms with van der Waals surface area (Å²) >= 11 is 9.35. The zero-order valence-electron chi connectivity index (χ0n) is 17.1. The highest BCUT2D eigenvalue weighted by Gasteiger charge is 2.47. The number of ether oxygens (including phenoxy) is 1. The van der Waals surface area contributed by atoms with E-state index in [0.29, 0.717) is 16.3 Å². The molecule has 1 aliphatic heterocycles. The van der Waals surface area contributed by atoms with E-state index < -0.39 is 12.1 Å². The van der Waals surface area contributed by atoms with Crippen molar-refractivity contribution in [3.05, 3.63) is 99.0 Å². The third kappa shape index (κ3) is 4.84. The molecule has 2 N–H and O–H groups in total. The molecule has 0 bridgehead atoms. The Morgan fingerprint density at radius 3 is 2.34 bits per heavy atom. The quantitative estimate of drug-likeness (QED) is 0.504. The van der Waals surface area contributed by atoms with Crippen LogP contribution in [0.25, 0.3) is 0 Å². The fourth-order valence-corrected chi connectivity index (χ4v) is 3.91. The van der Waals surface area contributed by atoms with Crippen LogP contribution in [0.2, 0.25) is 5.02 Å². The number of nitrogens with one attached hydrogen (secondary N) is 2. The molecule has 3 aromatic carbocycles. The van der Waals surface area contributed by atoms with Crippen molar-refractivity contribution in [2.45, 2.75) is 12.1 Å². The summed E-state index contributed by atoms with van der Waals surface area (Å²) in [5.74, 6) is 0.0449. The van der Waals surface area contributed by atoms with Crippen molar-refractivity contribution in [2.75, 3.05) is 7.11 Å². The van der Waals surface area contributed by atoms with Gasteiger partial charge in [-0.15, -0.1) is 10.1 Å². The smallest absolute Gasteiger partial charge is 0.304 e. The number of benzene rings is 3. The predicted octanol–water partition coefficient (Wildman–Crippen LogP) is 4.13. The summed E-state index contributed by atoms with van der Waals surface area (Å²) in [6, 6.07) is 20.4. The van der Waals surface area contributed by atoms with Crippen molar-refractivity contribution in [3.63, 3.8) is 0 Å². The van der Waals surface area contributed by atoms with Gasteiger partial charge in [0.05, 0.1) is 7.11 Å². The minimum atomic E-state index is -0.807. The molecule has 6 nitrogen and oxygen atoms in total. The number of nitrogens with zero attached hydrogens (tertiary/aromatic N) is 1. The first-order valence-corrected chi connectivity index (χ1v) is 11.0. The van der Waals surface area contributed by atoms with Crippen LogP contribution in [-0.4, -0.2) is 35.9 Å². The molecule has 1 heterocycles. The Morgan fingerprint density at radius 1 is 1.06 bits per heavy atom. The number of methoxy groups -OCH3 is 1. The third-order valence-electron chi connectivity index (χ3n) is 5.15. The van der Waals surface area contributed by atoms with Gasteiger partial charge in [0.25, 0.3) is 5.91 Å². The van der Waals surface area contributed by atoms with Crippen LogP contribution in [-0.2, 0) is 4.79 Å². The number of hydrogen-bond acceptors (Lipinski definition) is 3. The number of carbonyl (C=O) groups is 2. The lowest BCUT2D eigenvalue weighted by atomic mass is 9.99. The topological polar surface area (TPSA) is 70.4 Å². The molecule has 4 rings (SSSR count). The summed E-state index contributed by atoms with van der Waals surface area (Å²) in [6.07, 6.45) is 1.84. The zero-order chi connectivity index (χ0) is 22.7. The molecule has 162 valence electrons. The molecule has 32 heavy (non-hydrogen) atoms. The second-order valence-corrected chi connectivity index (χ2v) is 8.59. The fourth-order valence-electron chi connectivity index (χ4n) is 3.52. The van der Waals surface area contributed by atoms with E-state index in [1.165, 1.54) is 0 Å². The number of halogens is 2. The Kier molecular flexibility index (Phi) is 6.58. The Balaban J connectivity index is 1.69. The van der Waals surface area contributed by atoms with E-state index in [0.717, 1.165) is 15.6 Å². The summed E-state index contributed by atoms with van der Waals surface area (Å²) in [5, 5.41) is 3.41. The molecule has 1 aliphatic rings. The first kappa shape index (κ1) is 22.0. The van der Waals surface area contributed by atoms with Crippen molar-refractivity contribution in [1.82, 2.24) is 10.7 Å². The molecule has 2 amide bonds. The molecule has 2 atom stereocenters. The number of hydrazine groups is 1. The van der Waals surface area contributed by atoms with Crippen molar-refractivity contribution >= 4 is 45.6 Å².